The topological polar surface area (TPSA) is 127 Å². The fraction of sp³-hybridized carbons (Fsp3) is 0.179. The van der Waals surface area contributed by atoms with Crippen LogP contribution in [0.15, 0.2) is 54.9 Å². The number of imidazole rings is 1. The number of ether oxygens (including phenoxy) is 1. The minimum atomic E-state index is -0.477. The van der Waals surface area contributed by atoms with Gasteiger partial charge in [0.2, 0.25) is 0 Å². The number of nitrogens with one attached hydrogen (secondary N) is 3. The number of rotatable bonds is 8. The summed E-state index contributed by atoms with van der Waals surface area (Å²) in [6, 6.07) is 13.7. The summed E-state index contributed by atoms with van der Waals surface area (Å²) >= 11 is 19.3. The molecule has 210 valence electrons. The summed E-state index contributed by atoms with van der Waals surface area (Å²) in [5, 5.41) is 10.5. The normalized spacial score (nSPS) is 11.9. The number of carbonyl (C=O) groups is 2. The summed E-state index contributed by atoms with van der Waals surface area (Å²) in [7, 11) is 3.09. The van der Waals surface area contributed by atoms with Gasteiger partial charge < -0.3 is 20.4 Å². The van der Waals surface area contributed by atoms with E-state index in [1.807, 2.05) is 6.07 Å². The molecule has 3 N–H and O–H groups in total. The van der Waals surface area contributed by atoms with Crippen molar-refractivity contribution in [2.24, 2.45) is 0 Å². The maximum atomic E-state index is 13.4. The molecule has 0 bridgehead atoms. The minimum Gasteiger partial charge on any atom is -0.495 e. The quantitative estimate of drug-likeness (QED) is 0.217. The van der Waals surface area contributed by atoms with Crippen molar-refractivity contribution in [1.82, 2.24) is 35.4 Å². The Bertz CT molecular complexity index is 1760. The molecule has 0 spiro atoms. The third kappa shape index (κ3) is 5.85. The Morgan fingerprint density at radius 2 is 1.80 bits per heavy atom. The molecule has 5 aromatic rings. The monoisotopic (exact) mass is 611 g/mol. The van der Waals surface area contributed by atoms with Gasteiger partial charge in [-0.2, -0.15) is 5.10 Å². The van der Waals surface area contributed by atoms with Crippen molar-refractivity contribution in [3.8, 4) is 11.4 Å². The van der Waals surface area contributed by atoms with Gasteiger partial charge in [-0.05, 0) is 42.8 Å². The molecule has 1 atom stereocenters. The van der Waals surface area contributed by atoms with Crippen LogP contribution in [0.4, 0.5) is 0 Å². The fourth-order valence-electron chi connectivity index (χ4n) is 4.43. The second-order valence-corrected chi connectivity index (χ2v) is 10.3. The lowest BCUT2D eigenvalue weighted by molar-refractivity contribution is 0.0947. The maximum Gasteiger partial charge on any atom is 0.254 e. The minimum absolute atomic E-state index is 0.109. The van der Waals surface area contributed by atoms with Crippen molar-refractivity contribution in [3.63, 3.8) is 0 Å². The fourth-order valence-corrected chi connectivity index (χ4v) is 5.32. The number of aromatic amines is 1. The molecular weight excluding hydrogens is 589 g/mol. The van der Waals surface area contributed by atoms with Gasteiger partial charge in [0.1, 0.15) is 23.7 Å². The average Bonchev–Trinajstić information content (AvgIpc) is 3.57. The van der Waals surface area contributed by atoms with Gasteiger partial charge >= 0.3 is 0 Å². The standard InChI is InChI=1S/C28H24Cl3N7O3/c1-14-34-13-38(37-14)17-8-20(30)25(21(31)9-17)28(40)33-12-18(15-5-4-6-16(7-15)27(39)32-2)26-35-22-10-19(29)24(41-3)11-23(22)36-26/h4-11,13,18H,12H2,1-3H3,(H,32,39)(H,33,40)(H,35,36). The van der Waals surface area contributed by atoms with Crippen LogP contribution >= 0.6 is 34.8 Å². The first kappa shape index (κ1) is 28.4. The van der Waals surface area contributed by atoms with E-state index >= 15 is 0 Å². The number of aromatic nitrogens is 5. The molecule has 2 heterocycles. The van der Waals surface area contributed by atoms with Crippen molar-refractivity contribution in [3.05, 3.63) is 98.3 Å². The molecule has 1 unspecified atom stereocenters. The van der Waals surface area contributed by atoms with Gasteiger partial charge in [-0.3, -0.25) is 9.59 Å². The van der Waals surface area contributed by atoms with Gasteiger partial charge in [-0.25, -0.2) is 14.6 Å². The zero-order chi connectivity index (χ0) is 29.3. The van der Waals surface area contributed by atoms with Crippen LogP contribution in [0.2, 0.25) is 15.1 Å². The molecule has 0 fully saturated rings. The molecule has 13 heteroatoms. The van der Waals surface area contributed by atoms with E-state index in [4.69, 9.17) is 44.5 Å². The summed E-state index contributed by atoms with van der Waals surface area (Å²) in [5.74, 6) is 0.421. The van der Waals surface area contributed by atoms with Crippen molar-refractivity contribution >= 4 is 57.7 Å². The molecule has 10 nitrogen and oxygen atoms in total. The van der Waals surface area contributed by atoms with Crippen LogP contribution in [0.25, 0.3) is 16.7 Å². The number of methoxy groups -OCH3 is 1. The number of H-pyrrole nitrogens is 1. The Morgan fingerprint density at radius 3 is 2.46 bits per heavy atom. The first-order valence-corrected chi connectivity index (χ1v) is 13.5. The number of fused-ring (bicyclic) bond motifs is 1. The largest absolute Gasteiger partial charge is 0.495 e. The molecule has 0 aliphatic rings. The second kappa shape index (κ2) is 11.8. The lowest BCUT2D eigenvalue weighted by Crippen LogP contribution is -2.30. The van der Waals surface area contributed by atoms with E-state index in [-0.39, 0.29) is 28.1 Å². The zero-order valence-corrected chi connectivity index (χ0v) is 24.4. The van der Waals surface area contributed by atoms with Crippen LogP contribution in [0.1, 0.15) is 43.8 Å². The van der Waals surface area contributed by atoms with Crippen molar-refractivity contribution in [1.29, 1.82) is 0 Å². The Morgan fingerprint density at radius 1 is 1.05 bits per heavy atom. The molecule has 0 radical (unpaired) electrons. The number of carbonyl (C=O) groups excluding carboxylic acids is 2. The SMILES string of the molecule is CNC(=O)c1cccc(C(CNC(=O)c2c(Cl)cc(-n3cnc(C)n3)cc2Cl)c2nc3cc(OC)c(Cl)cc3[nH]2)c1. The highest BCUT2D eigenvalue weighted by Crippen LogP contribution is 2.32. The lowest BCUT2D eigenvalue weighted by Gasteiger charge is -2.18. The number of amides is 2. The average molecular weight is 613 g/mol. The Kier molecular flexibility index (Phi) is 8.16. The van der Waals surface area contributed by atoms with Crippen LogP contribution in [-0.2, 0) is 0 Å². The molecule has 0 aliphatic carbocycles. The van der Waals surface area contributed by atoms with E-state index in [1.54, 1.807) is 56.4 Å². The van der Waals surface area contributed by atoms with E-state index < -0.39 is 11.8 Å². The summed E-state index contributed by atoms with van der Waals surface area (Å²) in [6.45, 7) is 1.87. The molecule has 2 amide bonds. The highest BCUT2D eigenvalue weighted by atomic mass is 35.5. The predicted octanol–water partition coefficient (Wildman–Crippen LogP) is 5.34. The maximum absolute atomic E-state index is 13.4. The molecule has 5 rings (SSSR count). The van der Waals surface area contributed by atoms with E-state index in [0.717, 1.165) is 5.56 Å². The van der Waals surface area contributed by atoms with E-state index in [9.17, 15) is 9.59 Å². The number of aryl methyl sites for hydroxylation is 1. The third-order valence-electron chi connectivity index (χ3n) is 6.47. The predicted molar refractivity (Wildman–Crippen MR) is 158 cm³/mol. The van der Waals surface area contributed by atoms with Crippen molar-refractivity contribution in [2.45, 2.75) is 12.8 Å². The second-order valence-electron chi connectivity index (χ2n) is 9.11. The van der Waals surface area contributed by atoms with Crippen LogP contribution in [0.3, 0.4) is 0 Å². The number of nitrogens with zero attached hydrogens (tertiary/aromatic N) is 4. The van der Waals surface area contributed by atoms with Gasteiger partial charge in [0.15, 0.2) is 0 Å². The summed E-state index contributed by atoms with van der Waals surface area (Å²) < 4.78 is 6.85. The summed E-state index contributed by atoms with van der Waals surface area (Å²) in [4.78, 5) is 37.9. The Balaban J connectivity index is 1.48. The van der Waals surface area contributed by atoms with E-state index in [1.165, 1.54) is 18.1 Å². The van der Waals surface area contributed by atoms with E-state index in [0.29, 0.717) is 44.7 Å². The number of halogens is 3. The molecule has 0 saturated carbocycles. The highest BCUT2D eigenvalue weighted by molar-refractivity contribution is 6.40. The van der Waals surface area contributed by atoms with Gasteiger partial charge in [0.05, 0.1) is 50.4 Å². The van der Waals surface area contributed by atoms with Crippen LogP contribution < -0.4 is 15.4 Å². The van der Waals surface area contributed by atoms with E-state index in [2.05, 4.69) is 25.7 Å². The number of hydrogen-bond donors (Lipinski definition) is 3. The molecule has 3 aromatic carbocycles. The highest BCUT2D eigenvalue weighted by Gasteiger charge is 2.24. The number of benzene rings is 3. The number of hydrogen-bond acceptors (Lipinski definition) is 6. The van der Waals surface area contributed by atoms with Gasteiger partial charge in [-0.1, -0.05) is 46.9 Å². The van der Waals surface area contributed by atoms with Gasteiger partial charge in [-0.15, -0.1) is 0 Å². The smallest absolute Gasteiger partial charge is 0.254 e. The van der Waals surface area contributed by atoms with Crippen LogP contribution in [0, 0.1) is 6.92 Å². The first-order chi connectivity index (χ1) is 19.7. The zero-order valence-electron chi connectivity index (χ0n) is 22.1. The van der Waals surface area contributed by atoms with Crippen LogP contribution in [-0.4, -0.2) is 57.2 Å². The first-order valence-electron chi connectivity index (χ1n) is 12.4. The molecule has 41 heavy (non-hydrogen) atoms. The van der Waals surface area contributed by atoms with Gasteiger partial charge in [0.25, 0.3) is 11.8 Å². The Hall–Kier alpha value is -4.12. The van der Waals surface area contributed by atoms with Crippen molar-refractivity contribution in [2.75, 3.05) is 20.7 Å². The summed E-state index contributed by atoms with van der Waals surface area (Å²) in [5.41, 5.74) is 3.22. The summed E-state index contributed by atoms with van der Waals surface area (Å²) in [6.07, 6.45) is 1.53. The molecule has 0 aliphatic heterocycles. The van der Waals surface area contributed by atoms with Crippen LogP contribution in [0.5, 0.6) is 5.75 Å². The molecule has 2 aromatic heterocycles. The van der Waals surface area contributed by atoms with Gasteiger partial charge in [0, 0.05) is 25.2 Å². The van der Waals surface area contributed by atoms with Crippen molar-refractivity contribution < 1.29 is 14.3 Å². The molecular formula is C28H24Cl3N7O3. The Labute approximate surface area is 250 Å². The lowest BCUT2D eigenvalue weighted by atomic mass is 9.96. The molecule has 0 saturated heterocycles. The third-order valence-corrected chi connectivity index (χ3v) is 7.37.